The Morgan fingerprint density at radius 1 is 1.43 bits per heavy atom. The first-order chi connectivity index (χ1) is 10.8. The number of hydrogen-bond acceptors (Lipinski definition) is 3. The van der Waals surface area contributed by atoms with Crippen molar-refractivity contribution >= 4 is 33.4 Å². The Kier molecular flexibility index (Phi) is 5.52. The normalized spacial score (nSPS) is 12.5. The molecule has 6 nitrogen and oxygen atoms in total. The van der Waals surface area contributed by atoms with Gasteiger partial charge in [0.2, 0.25) is 5.91 Å². The average molecular weight is 403 g/mol. The van der Waals surface area contributed by atoms with E-state index in [2.05, 4.69) is 26.1 Å². The summed E-state index contributed by atoms with van der Waals surface area (Å²) in [5.41, 5.74) is 2.51. The highest BCUT2D eigenvalue weighted by molar-refractivity contribution is 9.10. The molecule has 0 saturated carbocycles. The SMILES string of the molecule is CCn1cc(Cl)c(CN(C)C(=O)C(C)n2nc(C)c(Br)c2C)n1. The number of carbonyl (C=O) groups excluding carboxylic acids is 1. The number of amides is 1. The minimum Gasteiger partial charge on any atom is -0.338 e. The van der Waals surface area contributed by atoms with Crippen LogP contribution in [-0.2, 0) is 17.9 Å². The number of carbonyl (C=O) groups is 1. The Balaban J connectivity index is 2.15. The highest BCUT2D eigenvalue weighted by atomic mass is 79.9. The van der Waals surface area contributed by atoms with Crippen LogP contribution in [0.15, 0.2) is 10.7 Å². The molecule has 1 unspecified atom stereocenters. The Hall–Kier alpha value is -1.34. The van der Waals surface area contributed by atoms with Crippen molar-refractivity contribution in [2.45, 2.75) is 46.8 Å². The van der Waals surface area contributed by atoms with Gasteiger partial charge in [-0.2, -0.15) is 10.2 Å². The lowest BCUT2D eigenvalue weighted by molar-refractivity contribution is -0.133. The molecule has 0 aromatic carbocycles. The second-order valence-corrected chi connectivity index (χ2v) is 6.78. The molecule has 126 valence electrons. The number of halogens is 2. The molecule has 2 rings (SSSR count). The molecule has 0 spiro atoms. The van der Waals surface area contributed by atoms with E-state index in [9.17, 15) is 4.79 Å². The van der Waals surface area contributed by atoms with Crippen molar-refractivity contribution in [2.24, 2.45) is 0 Å². The molecule has 0 fully saturated rings. The lowest BCUT2D eigenvalue weighted by Gasteiger charge is -2.22. The maximum atomic E-state index is 12.7. The van der Waals surface area contributed by atoms with Crippen LogP contribution in [0.25, 0.3) is 0 Å². The maximum absolute atomic E-state index is 12.7. The van der Waals surface area contributed by atoms with Crippen molar-refractivity contribution in [3.05, 3.63) is 32.8 Å². The van der Waals surface area contributed by atoms with Crippen LogP contribution in [0.5, 0.6) is 0 Å². The van der Waals surface area contributed by atoms with Crippen molar-refractivity contribution in [1.29, 1.82) is 0 Å². The maximum Gasteiger partial charge on any atom is 0.247 e. The number of aryl methyl sites for hydroxylation is 2. The van der Waals surface area contributed by atoms with Crippen molar-refractivity contribution in [3.8, 4) is 0 Å². The average Bonchev–Trinajstić information content (AvgIpc) is 3.00. The summed E-state index contributed by atoms with van der Waals surface area (Å²) in [7, 11) is 1.75. The summed E-state index contributed by atoms with van der Waals surface area (Å²) < 4.78 is 4.44. The second kappa shape index (κ2) is 7.05. The fourth-order valence-corrected chi connectivity index (χ4v) is 2.92. The van der Waals surface area contributed by atoms with E-state index in [0.29, 0.717) is 17.3 Å². The molecule has 0 aliphatic rings. The predicted molar refractivity (Wildman–Crippen MR) is 93.5 cm³/mol. The van der Waals surface area contributed by atoms with Crippen LogP contribution in [0.3, 0.4) is 0 Å². The van der Waals surface area contributed by atoms with E-state index in [0.717, 1.165) is 22.4 Å². The quantitative estimate of drug-likeness (QED) is 0.770. The van der Waals surface area contributed by atoms with E-state index in [1.165, 1.54) is 0 Å². The number of nitrogens with zero attached hydrogens (tertiary/aromatic N) is 5. The zero-order chi connectivity index (χ0) is 17.3. The third-order valence-electron chi connectivity index (χ3n) is 3.84. The molecule has 2 aromatic heterocycles. The van der Waals surface area contributed by atoms with Gasteiger partial charge in [0.05, 0.1) is 27.4 Å². The van der Waals surface area contributed by atoms with Gasteiger partial charge in [0.15, 0.2) is 0 Å². The number of aromatic nitrogens is 4. The fraction of sp³-hybridized carbons (Fsp3) is 0.533. The number of likely N-dealkylation sites (N-methyl/N-ethyl adjacent to an activating group) is 1. The molecule has 8 heteroatoms. The van der Waals surface area contributed by atoms with Crippen LogP contribution in [-0.4, -0.2) is 37.4 Å². The van der Waals surface area contributed by atoms with Crippen molar-refractivity contribution in [2.75, 3.05) is 7.05 Å². The molecule has 1 amide bonds. The predicted octanol–water partition coefficient (Wildman–Crippen LogP) is 3.35. The molecule has 0 radical (unpaired) electrons. The second-order valence-electron chi connectivity index (χ2n) is 5.58. The van der Waals surface area contributed by atoms with Crippen LogP contribution in [0, 0.1) is 13.8 Å². The molecule has 0 N–H and O–H groups in total. The van der Waals surface area contributed by atoms with Gasteiger partial charge in [-0.05, 0) is 43.6 Å². The van der Waals surface area contributed by atoms with Gasteiger partial charge >= 0.3 is 0 Å². The molecule has 0 saturated heterocycles. The molecule has 0 aliphatic heterocycles. The molecule has 1 atom stereocenters. The zero-order valence-corrected chi connectivity index (χ0v) is 16.3. The first-order valence-electron chi connectivity index (χ1n) is 7.44. The van der Waals surface area contributed by atoms with E-state index in [4.69, 9.17) is 11.6 Å². The van der Waals surface area contributed by atoms with Crippen LogP contribution in [0.4, 0.5) is 0 Å². The molecule has 0 aliphatic carbocycles. The highest BCUT2D eigenvalue weighted by Gasteiger charge is 2.24. The fourth-order valence-electron chi connectivity index (χ4n) is 2.45. The monoisotopic (exact) mass is 401 g/mol. The molecular formula is C15H21BrClN5O. The zero-order valence-electron chi connectivity index (χ0n) is 14.0. The lowest BCUT2D eigenvalue weighted by atomic mass is 10.2. The van der Waals surface area contributed by atoms with Crippen LogP contribution in [0.1, 0.15) is 37.0 Å². The van der Waals surface area contributed by atoms with E-state index in [1.807, 2.05) is 27.7 Å². The summed E-state index contributed by atoms with van der Waals surface area (Å²) in [6.07, 6.45) is 1.77. The Morgan fingerprint density at radius 2 is 2.09 bits per heavy atom. The van der Waals surface area contributed by atoms with Gasteiger partial charge in [0, 0.05) is 19.8 Å². The summed E-state index contributed by atoms with van der Waals surface area (Å²) in [6.45, 7) is 8.80. The number of hydrogen-bond donors (Lipinski definition) is 0. The van der Waals surface area contributed by atoms with Crippen LogP contribution in [0.2, 0.25) is 5.02 Å². The Bertz CT molecular complexity index is 724. The first-order valence-corrected chi connectivity index (χ1v) is 8.61. The van der Waals surface area contributed by atoms with Gasteiger partial charge in [-0.1, -0.05) is 11.6 Å². The summed E-state index contributed by atoms with van der Waals surface area (Å²) in [5.74, 6) is -0.0368. The minimum absolute atomic E-state index is 0.0368. The third kappa shape index (κ3) is 3.61. The Morgan fingerprint density at radius 3 is 2.57 bits per heavy atom. The molecule has 2 aromatic rings. The van der Waals surface area contributed by atoms with E-state index < -0.39 is 6.04 Å². The van der Waals surface area contributed by atoms with Crippen LogP contribution < -0.4 is 0 Å². The smallest absolute Gasteiger partial charge is 0.247 e. The minimum atomic E-state index is -0.392. The van der Waals surface area contributed by atoms with Gasteiger partial charge in [-0.3, -0.25) is 14.2 Å². The molecular weight excluding hydrogens is 382 g/mol. The van der Waals surface area contributed by atoms with Crippen molar-refractivity contribution in [1.82, 2.24) is 24.5 Å². The number of rotatable bonds is 5. The molecule has 2 heterocycles. The molecule has 0 bridgehead atoms. The first kappa shape index (κ1) is 18.0. The standard InChI is InChI=1S/C15H21BrClN5O/c1-6-21-7-12(17)13(19-21)8-20(5)15(23)11(4)22-10(3)14(16)9(2)18-22/h7,11H,6,8H2,1-5H3. The van der Waals surface area contributed by atoms with Gasteiger partial charge < -0.3 is 4.90 Å². The van der Waals surface area contributed by atoms with E-state index >= 15 is 0 Å². The largest absolute Gasteiger partial charge is 0.338 e. The molecule has 23 heavy (non-hydrogen) atoms. The summed E-state index contributed by atoms with van der Waals surface area (Å²) in [5, 5.41) is 9.39. The van der Waals surface area contributed by atoms with E-state index in [-0.39, 0.29) is 5.91 Å². The topological polar surface area (TPSA) is 56.0 Å². The summed E-state index contributed by atoms with van der Waals surface area (Å²) in [4.78, 5) is 14.3. The van der Waals surface area contributed by atoms with Gasteiger partial charge in [0.1, 0.15) is 11.7 Å². The highest BCUT2D eigenvalue weighted by Crippen LogP contribution is 2.24. The van der Waals surface area contributed by atoms with Crippen molar-refractivity contribution in [3.63, 3.8) is 0 Å². The summed E-state index contributed by atoms with van der Waals surface area (Å²) >= 11 is 9.66. The lowest BCUT2D eigenvalue weighted by Crippen LogP contribution is -2.33. The van der Waals surface area contributed by atoms with Crippen LogP contribution >= 0.6 is 27.5 Å². The van der Waals surface area contributed by atoms with Crippen molar-refractivity contribution < 1.29 is 4.79 Å². The van der Waals surface area contributed by atoms with Gasteiger partial charge in [-0.25, -0.2) is 0 Å². The third-order valence-corrected chi connectivity index (χ3v) is 5.30. The van der Waals surface area contributed by atoms with E-state index in [1.54, 1.807) is 27.5 Å². The summed E-state index contributed by atoms with van der Waals surface area (Å²) in [6, 6.07) is -0.392. The Labute approximate surface area is 149 Å². The van der Waals surface area contributed by atoms with Gasteiger partial charge in [-0.15, -0.1) is 0 Å². The van der Waals surface area contributed by atoms with Gasteiger partial charge in [0.25, 0.3) is 0 Å².